The van der Waals surface area contributed by atoms with Crippen molar-refractivity contribution in [3.63, 3.8) is 0 Å². The third-order valence-electron chi connectivity index (χ3n) is 9.27. The predicted octanol–water partition coefficient (Wildman–Crippen LogP) is 2.47. The largest absolute Gasteiger partial charge is 0.447 e. The number of carbonyl (C=O) groups excluding carboxylic acids is 7. The molecule has 0 radical (unpaired) electrons. The number of hydrogen-bond donors (Lipinski definition) is 4. The molecule has 0 aromatic heterocycles. The van der Waals surface area contributed by atoms with Crippen LogP contribution in [0.4, 0.5) is 13.6 Å². The second kappa shape index (κ2) is 19.8. The normalized spacial score (nSPS) is 18.5. The highest BCUT2D eigenvalue weighted by Crippen LogP contribution is 2.30. The summed E-state index contributed by atoms with van der Waals surface area (Å²) in [5, 5.41) is 9.81. The number of alkyl halides is 2. The topological polar surface area (TPSA) is 183 Å². The fraction of sp³-hybridized carbons (Fsp3) is 0.639. The van der Waals surface area contributed by atoms with Crippen molar-refractivity contribution in [1.29, 1.82) is 0 Å². The molecule has 288 valence electrons. The van der Waals surface area contributed by atoms with Crippen molar-refractivity contribution in [2.45, 2.75) is 109 Å². The Labute approximate surface area is 303 Å². The van der Waals surface area contributed by atoms with Crippen LogP contribution in [0.25, 0.3) is 0 Å². The summed E-state index contributed by atoms with van der Waals surface area (Å²) in [6, 6.07) is 3.56. The van der Waals surface area contributed by atoms with Crippen molar-refractivity contribution in [2.24, 2.45) is 11.8 Å². The summed E-state index contributed by atoms with van der Waals surface area (Å²) in [5.74, 6) is -6.69. The van der Waals surface area contributed by atoms with Crippen LogP contribution in [0.5, 0.6) is 0 Å². The lowest BCUT2D eigenvalue weighted by Gasteiger charge is -2.34. The highest BCUT2D eigenvalue weighted by molar-refractivity contribution is 6.38. The lowest BCUT2D eigenvalue weighted by molar-refractivity contribution is -0.144. The van der Waals surface area contributed by atoms with E-state index in [9.17, 15) is 42.3 Å². The number of benzene rings is 1. The predicted molar refractivity (Wildman–Crippen MR) is 186 cm³/mol. The zero-order valence-corrected chi connectivity index (χ0v) is 30.5. The molecule has 1 saturated heterocycles. The lowest BCUT2D eigenvalue weighted by Crippen LogP contribution is -2.58. The minimum atomic E-state index is -2.87. The number of hydrogen-bond acceptors (Lipinski definition) is 8. The van der Waals surface area contributed by atoms with E-state index in [1.54, 1.807) is 44.2 Å². The van der Waals surface area contributed by atoms with Crippen LogP contribution in [-0.2, 0) is 33.5 Å². The number of nitrogens with one attached hydrogen (secondary N) is 4. The Bertz CT molecular complexity index is 1420. The molecule has 1 saturated carbocycles. The quantitative estimate of drug-likeness (QED) is 0.187. The second-order valence-electron chi connectivity index (χ2n) is 14.0. The molecule has 5 atom stereocenters. The SMILES string of the molecule is CC(C)OC(=O)NC(C(=O)N1CCCC1C(=O)NC(CC(C)C(F)F)C(=O)C(=O)NCC(=O)NC(C(=O)N(C)C)c1ccccc1)C1CCCCC1. The molecule has 1 heterocycles. The van der Waals surface area contributed by atoms with Crippen LogP contribution in [0.1, 0.15) is 83.7 Å². The second-order valence-corrected chi connectivity index (χ2v) is 14.0. The molecule has 1 aromatic rings. The molecule has 1 aliphatic heterocycles. The van der Waals surface area contributed by atoms with Gasteiger partial charge >= 0.3 is 6.09 Å². The smallest absolute Gasteiger partial charge is 0.408 e. The molecule has 2 fully saturated rings. The number of Topliss-reactive ketones (excluding diaryl/α,β-unsaturated/α-hetero) is 1. The fourth-order valence-corrected chi connectivity index (χ4v) is 6.49. The maximum Gasteiger partial charge on any atom is 0.408 e. The molecule has 0 bridgehead atoms. The Kier molecular flexibility index (Phi) is 15.9. The zero-order chi connectivity index (χ0) is 38.5. The van der Waals surface area contributed by atoms with Crippen molar-refractivity contribution < 1.29 is 47.1 Å². The number of rotatable bonds is 16. The van der Waals surface area contributed by atoms with E-state index in [2.05, 4.69) is 21.3 Å². The van der Waals surface area contributed by atoms with Gasteiger partial charge in [-0.05, 0) is 57.4 Å². The first kappa shape index (κ1) is 41.8. The zero-order valence-electron chi connectivity index (χ0n) is 30.5. The number of likely N-dealkylation sites (N-methyl/N-ethyl adjacent to an activating group) is 1. The molecule has 14 nitrogen and oxygen atoms in total. The average Bonchev–Trinajstić information content (AvgIpc) is 3.61. The van der Waals surface area contributed by atoms with Gasteiger partial charge in [0.05, 0.1) is 18.7 Å². The van der Waals surface area contributed by atoms with Gasteiger partial charge in [0.1, 0.15) is 18.1 Å². The standard InChI is InChI=1S/C36H52F2N6O8/c1-21(2)52-36(51)42-29(24-15-10-7-11-16-24)35(50)44-18-12-17-26(44)32(47)40-25(19-22(3)31(37)38)30(46)33(48)39-20-27(45)41-28(34(49)43(4)5)23-13-8-6-9-14-23/h6,8-9,13-14,21-22,24-26,28-29,31H,7,10-12,15-20H2,1-5H3,(H,39,48)(H,40,47)(H,41,45)(H,42,51). The average molecular weight is 735 g/mol. The molecule has 6 amide bonds. The molecule has 1 aliphatic carbocycles. The molecular weight excluding hydrogens is 682 g/mol. The van der Waals surface area contributed by atoms with Crippen LogP contribution in [0.2, 0.25) is 0 Å². The fourth-order valence-electron chi connectivity index (χ4n) is 6.49. The van der Waals surface area contributed by atoms with Crippen LogP contribution in [-0.4, -0.2) is 109 Å². The molecule has 4 N–H and O–H groups in total. The maximum atomic E-state index is 14.0. The van der Waals surface area contributed by atoms with E-state index in [-0.39, 0.29) is 18.9 Å². The number of nitrogens with zero attached hydrogens (tertiary/aromatic N) is 2. The molecule has 2 aliphatic rings. The number of amides is 6. The first-order valence-corrected chi connectivity index (χ1v) is 17.8. The Balaban J connectivity index is 1.72. The number of alkyl carbamates (subject to hydrolysis) is 1. The van der Waals surface area contributed by atoms with Gasteiger partial charge < -0.3 is 35.8 Å². The van der Waals surface area contributed by atoms with Crippen LogP contribution in [0.15, 0.2) is 30.3 Å². The van der Waals surface area contributed by atoms with Gasteiger partial charge in [-0.15, -0.1) is 0 Å². The van der Waals surface area contributed by atoms with Crippen molar-refractivity contribution >= 4 is 41.4 Å². The van der Waals surface area contributed by atoms with E-state index >= 15 is 0 Å². The number of carbonyl (C=O) groups is 7. The number of halogens is 2. The summed E-state index contributed by atoms with van der Waals surface area (Å²) in [5.41, 5.74) is 0.483. The lowest BCUT2D eigenvalue weighted by atomic mass is 9.83. The number of ketones is 1. The first-order chi connectivity index (χ1) is 24.6. The Morgan fingerprint density at radius 2 is 1.54 bits per heavy atom. The van der Waals surface area contributed by atoms with Gasteiger partial charge in [-0.25, -0.2) is 13.6 Å². The van der Waals surface area contributed by atoms with Gasteiger partial charge in [-0.2, -0.15) is 0 Å². The van der Waals surface area contributed by atoms with Gasteiger partial charge in [-0.3, -0.25) is 28.8 Å². The summed E-state index contributed by atoms with van der Waals surface area (Å²) in [6.07, 6.45) is 0.107. The number of ether oxygens (including phenoxy) is 1. The molecular formula is C36H52F2N6O8. The van der Waals surface area contributed by atoms with E-state index in [1.165, 1.54) is 23.9 Å². The Morgan fingerprint density at radius 3 is 2.13 bits per heavy atom. The number of likely N-dealkylation sites (tertiary alicyclic amines) is 1. The van der Waals surface area contributed by atoms with Crippen molar-refractivity contribution in [3.05, 3.63) is 35.9 Å². The molecule has 5 unspecified atom stereocenters. The summed E-state index contributed by atoms with van der Waals surface area (Å²) in [7, 11) is 3.02. The monoisotopic (exact) mass is 734 g/mol. The minimum Gasteiger partial charge on any atom is -0.447 e. The summed E-state index contributed by atoms with van der Waals surface area (Å²) in [6.45, 7) is 3.98. The third-order valence-corrected chi connectivity index (χ3v) is 9.27. The van der Waals surface area contributed by atoms with Gasteiger partial charge in [0, 0.05) is 26.6 Å². The van der Waals surface area contributed by atoms with E-state index < -0.39 is 97.0 Å². The van der Waals surface area contributed by atoms with Crippen LogP contribution < -0.4 is 21.3 Å². The Hall–Kier alpha value is -4.63. The highest BCUT2D eigenvalue weighted by atomic mass is 19.3. The molecule has 52 heavy (non-hydrogen) atoms. The van der Waals surface area contributed by atoms with Crippen molar-refractivity contribution in [1.82, 2.24) is 31.1 Å². The Morgan fingerprint density at radius 1 is 0.885 bits per heavy atom. The van der Waals surface area contributed by atoms with Crippen LogP contribution in [0.3, 0.4) is 0 Å². The van der Waals surface area contributed by atoms with Gasteiger partial charge in [0.25, 0.3) is 5.91 Å². The van der Waals surface area contributed by atoms with Crippen LogP contribution in [0, 0.1) is 11.8 Å². The molecule has 3 rings (SSSR count). The highest BCUT2D eigenvalue weighted by Gasteiger charge is 2.42. The van der Waals surface area contributed by atoms with Crippen molar-refractivity contribution in [3.8, 4) is 0 Å². The van der Waals surface area contributed by atoms with E-state index in [4.69, 9.17) is 4.74 Å². The third kappa shape index (κ3) is 12.0. The first-order valence-electron chi connectivity index (χ1n) is 17.8. The van der Waals surface area contributed by atoms with E-state index in [0.717, 1.165) is 26.2 Å². The van der Waals surface area contributed by atoms with Crippen LogP contribution >= 0.6 is 0 Å². The summed E-state index contributed by atoms with van der Waals surface area (Å²) in [4.78, 5) is 94.7. The van der Waals surface area contributed by atoms with E-state index in [0.29, 0.717) is 24.8 Å². The molecule has 1 aromatic carbocycles. The van der Waals surface area contributed by atoms with Crippen molar-refractivity contribution in [2.75, 3.05) is 27.2 Å². The molecule has 16 heteroatoms. The van der Waals surface area contributed by atoms with Gasteiger partial charge in [0.15, 0.2) is 0 Å². The summed E-state index contributed by atoms with van der Waals surface area (Å²) < 4.78 is 32.5. The van der Waals surface area contributed by atoms with Gasteiger partial charge in [-0.1, -0.05) is 56.5 Å². The molecule has 0 spiro atoms. The van der Waals surface area contributed by atoms with Gasteiger partial charge in [0.2, 0.25) is 35.8 Å². The minimum absolute atomic E-state index is 0.184. The maximum absolute atomic E-state index is 14.0. The summed E-state index contributed by atoms with van der Waals surface area (Å²) >= 11 is 0. The van der Waals surface area contributed by atoms with E-state index in [1.807, 2.05) is 0 Å².